The maximum Gasteiger partial charge on any atom is 0.290 e. The molecule has 8 nitrogen and oxygen atoms in total. The van der Waals surface area contributed by atoms with Crippen LogP contribution in [0.4, 0.5) is 0 Å². The molecule has 166 valence electrons. The predicted octanol–water partition coefficient (Wildman–Crippen LogP) is 2.03. The van der Waals surface area contributed by atoms with Crippen LogP contribution in [0.2, 0.25) is 0 Å². The number of nitrogens with zero attached hydrogens (tertiary/aromatic N) is 3. The van der Waals surface area contributed by atoms with Crippen molar-refractivity contribution < 1.29 is 22.4 Å². The Balaban J connectivity index is 1.41. The van der Waals surface area contributed by atoms with Crippen molar-refractivity contribution in [3.63, 3.8) is 0 Å². The van der Waals surface area contributed by atoms with Gasteiger partial charge in [-0.05, 0) is 62.1 Å². The van der Waals surface area contributed by atoms with E-state index in [1.54, 1.807) is 34.1 Å². The fraction of sp³-hybridized carbons (Fsp3) is 0.455. The molecule has 4 rings (SSSR count). The quantitative estimate of drug-likeness (QED) is 0.718. The summed E-state index contributed by atoms with van der Waals surface area (Å²) in [5.74, 6) is -0.179. The van der Waals surface area contributed by atoms with E-state index in [2.05, 4.69) is 0 Å². The number of carbonyl (C=O) groups excluding carboxylic acids is 2. The van der Waals surface area contributed by atoms with Crippen LogP contribution in [0, 0.1) is 13.8 Å². The van der Waals surface area contributed by atoms with Gasteiger partial charge in [0.25, 0.3) is 5.91 Å². The summed E-state index contributed by atoms with van der Waals surface area (Å²) in [5.41, 5.74) is 1.97. The fourth-order valence-corrected chi connectivity index (χ4v) is 5.70. The summed E-state index contributed by atoms with van der Waals surface area (Å²) in [4.78, 5) is 29.3. The topological polar surface area (TPSA) is 91.1 Å². The molecule has 2 aromatic rings. The van der Waals surface area contributed by atoms with E-state index in [0.29, 0.717) is 26.1 Å². The molecule has 0 unspecified atom stereocenters. The maximum atomic E-state index is 13.1. The SMILES string of the molecule is Cc1ccc(S(=O)(=O)N2CCN(C(=O)[C@@H]3CCCN3C(=O)c3ccco3)CC2)cc1C. The summed E-state index contributed by atoms with van der Waals surface area (Å²) in [6, 6.07) is 7.85. The molecule has 1 atom stereocenters. The highest BCUT2D eigenvalue weighted by atomic mass is 32.2. The molecule has 0 N–H and O–H groups in total. The monoisotopic (exact) mass is 445 g/mol. The number of furan rings is 1. The molecule has 3 heterocycles. The van der Waals surface area contributed by atoms with Crippen LogP contribution < -0.4 is 0 Å². The Kier molecular flexibility index (Phi) is 5.90. The molecule has 2 aliphatic rings. The van der Waals surface area contributed by atoms with Gasteiger partial charge >= 0.3 is 0 Å². The number of sulfonamides is 1. The number of piperazine rings is 1. The Bertz CT molecular complexity index is 1070. The minimum Gasteiger partial charge on any atom is -0.459 e. The minimum absolute atomic E-state index is 0.124. The summed E-state index contributed by atoms with van der Waals surface area (Å²) in [7, 11) is -3.60. The average molecular weight is 446 g/mol. The van der Waals surface area contributed by atoms with Crippen molar-refractivity contribution in [2.75, 3.05) is 32.7 Å². The molecule has 2 aliphatic heterocycles. The molecule has 0 saturated carbocycles. The second-order valence-electron chi connectivity index (χ2n) is 8.11. The molecular weight excluding hydrogens is 418 g/mol. The molecule has 2 saturated heterocycles. The summed E-state index contributed by atoms with van der Waals surface area (Å²) in [5, 5.41) is 0. The summed E-state index contributed by atoms with van der Waals surface area (Å²) < 4.78 is 32.7. The van der Waals surface area contributed by atoms with E-state index in [-0.39, 0.29) is 35.6 Å². The molecular formula is C22H27N3O5S. The first-order chi connectivity index (χ1) is 14.8. The maximum absolute atomic E-state index is 13.1. The van der Waals surface area contributed by atoms with Gasteiger partial charge in [-0.2, -0.15) is 4.31 Å². The van der Waals surface area contributed by atoms with E-state index in [0.717, 1.165) is 17.5 Å². The Morgan fingerprint density at radius 2 is 1.74 bits per heavy atom. The van der Waals surface area contributed by atoms with Crippen molar-refractivity contribution in [1.29, 1.82) is 0 Å². The van der Waals surface area contributed by atoms with Crippen molar-refractivity contribution >= 4 is 21.8 Å². The van der Waals surface area contributed by atoms with Gasteiger partial charge in [-0.1, -0.05) is 6.07 Å². The highest BCUT2D eigenvalue weighted by Gasteiger charge is 2.39. The number of rotatable bonds is 4. The van der Waals surface area contributed by atoms with Crippen LogP contribution in [0.15, 0.2) is 45.9 Å². The molecule has 2 fully saturated rings. The van der Waals surface area contributed by atoms with Crippen molar-refractivity contribution in [2.45, 2.75) is 37.6 Å². The lowest BCUT2D eigenvalue weighted by molar-refractivity contribution is -0.136. The van der Waals surface area contributed by atoms with E-state index in [1.165, 1.54) is 10.6 Å². The molecule has 0 bridgehead atoms. The molecule has 31 heavy (non-hydrogen) atoms. The van der Waals surface area contributed by atoms with Gasteiger partial charge in [0.2, 0.25) is 15.9 Å². The smallest absolute Gasteiger partial charge is 0.290 e. The number of hydrogen-bond acceptors (Lipinski definition) is 5. The summed E-state index contributed by atoms with van der Waals surface area (Å²) in [6.45, 7) is 5.43. The van der Waals surface area contributed by atoms with Crippen molar-refractivity contribution in [1.82, 2.24) is 14.1 Å². The zero-order chi connectivity index (χ0) is 22.2. The number of aryl methyl sites for hydroxylation is 2. The third kappa shape index (κ3) is 4.12. The van der Waals surface area contributed by atoms with E-state index in [4.69, 9.17) is 4.42 Å². The van der Waals surface area contributed by atoms with Crippen LogP contribution in [0.3, 0.4) is 0 Å². The van der Waals surface area contributed by atoms with Crippen LogP contribution in [-0.2, 0) is 14.8 Å². The molecule has 0 spiro atoms. The van der Waals surface area contributed by atoms with Crippen LogP contribution in [-0.4, -0.2) is 73.1 Å². The third-order valence-electron chi connectivity index (χ3n) is 6.20. The Labute approximate surface area is 182 Å². The Morgan fingerprint density at radius 1 is 1.00 bits per heavy atom. The average Bonchev–Trinajstić information content (AvgIpc) is 3.47. The lowest BCUT2D eigenvalue weighted by atomic mass is 10.1. The number of hydrogen-bond donors (Lipinski definition) is 0. The van der Waals surface area contributed by atoms with E-state index in [9.17, 15) is 18.0 Å². The van der Waals surface area contributed by atoms with Gasteiger partial charge in [-0.15, -0.1) is 0 Å². The second kappa shape index (κ2) is 8.47. The van der Waals surface area contributed by atoms with E-state index in [1.807, 2.05) is 19.9 Å². The van der Waals surface area contributed by atoms with Gasteiger partial charge in [0.15, 0.2) is 5.76 Å². The molecule has 0 radical (unpaired) electrons. The van der Waals surface area contributed by atoms with Gasteiger partial charge in [-0.25, -0.2) is 8.42 Å². The van der Waals surface area contributed by atoms with Crippen molar-refractivity contribution in [3.05, 3.63) is 53.5 Å². The van der Waals surface area contributed by atoms with Gasteiger partial charge in [0, 0.05) is 32.7 Å². The third-order valence-corrected chi connectivity index (χ3v) is 8.09. The van der Waals surface area contributed by atoms with Crippen LogP contribution in [0.25, 0.3) is 0 Å². The lowest BCUT2D eigenvalue weighted by Gasteiger charge is -2.36. The predicted molar refractivity (Wildman–Crippen MR) is 114 cm³/mol. The first-order valence-corrected chi connectivity index (χ1v) is 11.9. The minimum atomic E-state index is -3.60. The van der Waals surface area contributed by atoms with Gasteiger partial charge < -0.3 is 14.2 Å². The Morgan fingerprint density at radius 3 is 2.39 bits per heavy atom. The molecule has 1 aromatic heterocycles. The van der Waals surface area contributed by atoms with Crippen LogP contribution in [0.5, 0.6) is 0 Å². The van der Waals surface area contributed by atoms with Gasteiger partial charge in [0.05, 0.1) is 11.2 Å². The second-order valence-corrected chi connectivity index (χ2v) is 10.0. The van der Waals surface area contributed by atoms with Crippen molar-refractivity contribution in [3.8, 4) is 0 Å². The van der Waals surface area contributed by atoms with Crippen LogP contribution >= 0.6 is 0 Å². The van der Waals surface area contributed by atoms with Gasteiger partial charge in [0.1, 0.15) is 6.04 Å². The number of likely N-dealkylation sites (tertiary alicyclic amines) is 1. The Hall–Kier alpha value is -2.65. The number of amides is 2. The summed E-state index contributed by atoms with van der Waals surface area (Å²) in [6.07, 6.45) is 2.80. The zero-order valence-corrected chi connectivity index (χ0v) is 18.6. The standard InChI is InChI=1S/C22H27N3O5S/c1-16-7-8-18(15-17(16)2)31(28,29)24-12-10-23(11-13-24)21(26)19-5-3-9-25(19)22(27)20-6-4-14-30-20/h4,6-8,14-15,19H,3,5,9-13H2,1-2H3/t19-/m0/s1. The highest BCUT2D eigenvalue weighted by Crippen LogP contribution is 2.24. The first-order valence-electron chi connectivity index (χ1n) is 10.5. The van der Waals surface area contributed by atoms with Crippen LogP contribution in [0.1, 0.15) is 34.5 Å². The van der Waals surface area contributed by atoms with Gasteiger partial charge in [-0.3, -0.25) is 9.59 Å². The largest absolute Gasteiger partial charge is 0.459 e. The zero-order valence-electron chi connectivity index (χ0n) is 17.8. The molecule has 2 amide bonds. The number of carbonyl (C=O) groups is 2. The molecule has 1 aromatic carbocycles. The highest BCUT2D eigenvalue weighted by molar-refractivity contribution is 7.89. The molecule has 0 aliphatic carbocycles. The summed E-state index contributed by atoms with van der Waals surface area (Å²) >= 11 is 0. The fourth-order valence-electron chi connectivity index (χ4n) is 4.19. The normalized spacial score (nSPS) is 20.3. The van der Waals surface area contributed by atoms with Crippen molar-refractivity contribution in [2.24, 2.45) is 0 Å². The lowest BCUT2D eigenvalue weighted by Crippen LogP contribution is -2.55. The first kappa shape index (κ1) is 21.6. The molecule has 9 heteroatoms. The number of benzene rings is 1. The van der Waals surface area contributed by atoms with E-state index >= 15 is 0 Å². The van der Waals surface area contributed by atoms with E-state index < -0.39 is 16.1 Å².